The molecule has 94 valence electrons. The molecule has 0 aromatic heterocycles. The minimum absolute atomic E-state index is 0.272. The van der Waals surface area contributed by atoms with Crippen LogP contribution in [0.15, 0.2) is 0 Å². The molecule has 1 heterocycles. The summed E-state index contributed by atoms with van der Waals surface area (Å²) in [5, 5.41) is 0. The van der Waals surface area contributed by atoms with Gasteiger partial charge < -0.3 is 10.5 Å². The molecule has 0 aromatic rings. The highest BCUT2D eigenvalue weighted by Crippen LogP contribution is 2.40. The fourth-order valence-electron chi connectivity index (χ4n) is 3.32. The third-order valence-corrected chi connectivity index (χ3v) is 4.33. The molecule has 16 heavy (non-hydrogen) atoms. The summed E-state index contributed by atoms with van der Waals surface area (Å²) in [7, 11) is 0. The van der Waals surface area contributed by atoms with Crippen molar-refractivity contribution >= 4 is 0 Å². The average molecular weight is 226 g/mol. The Morgan fingerprint density at radius 3 is 2.75 bits per heavy atom. The maximum atomic E-state index is 6.01. The van der Waals surface area contributed by atoms with E-state index in [9.17, 15) is 0 Å². The highest BCUT2D eigenvalue weighted by atomic mass is 16.5. The molecule has 1 aliphatic heterocycles. The van der Waals surface area contributed by atoms with Crippen LogP contribution in [0.4, 0.5) is 0 Å². The molecule has 2 rings (SSSR count). The van der Waals surface area contributed by atoms with E-state index >= 15 is 0 Å². The smallest absolute Gasteiger partial charge is 0.0611 e. The number of nitrogens with zero attached hydrogens (tertiary/aromatic N) is 1. The van der Waals surface area contributed by atoms with E-state index < -0.39 is 0 Å². The molecular formula is C13H26N2O. The van der Waals surface area contributed by atoms with E-state index in [1.54, 1.807) is 0 Å². The molecule has 1 unspecified atom stereocenters. The first-order valence-corrected chi connectivity index (χ1v) is 6.77. The Labute approximate surface area is 99.3 Å². The van der Waals surface area contributed by atoms with Crippen LogP contribution < -0.4 is 5.73 Å². The van der Waals surface area contributed by atoms with Gasteiger partial charge in [0.2, 0.25) is 0 Å². The Morgan fingerprint density at radius 1 is 1.44 bits per heavy atom. The molecule has 0 bridgehead atoms. The lowest BCUT2D eigenvalue weighted by molar-refractivity contribution is -0.109. The molecule has 1 atom stereocenters. The summed E-state index contributed by atoms with van der Waals surface area (Å²) in [5.41, 5.74) is 6.28. The van der Waals surface area contributed by atoms with Crippen LogP contribution in [0.25, 0.3) is 0 Å². The van der Waals surface area contributed by atoms with Gasteiger partial charge in [-0.15, -0.1) is 0 Å². The summed E-state index contributed by atoms with van der Waals surface area (Å²) >= 11 is 0. The zero-order valence-electron chi connectivity index (χ0n) is 10.7. The van der Waals surface area contributed by atoms with E-state index in [0.29, 0.717) is 6.10 Å². The highest BCUT2D eigenvalue weighted by Gasteiger charge is 2.48. The molecule has 0 spiro atoms. The van der Waals surface area contributed by atoms with Crippen molar-refractivity contribution in [3.63, 3.8) is 0 Å². The molecular weight excluding hydrogens is 200 g/mol. The fourth-order valence-corrected chi connectivity index (χ4v) is 3.32. The van der Waals surface area contributed by atoms with Crippen molar-refractivity contribution in [1.82, 2.24) is 4.90 Å². The molecule has 0 aromatic carbocycles. The number of hydrogen-bond donors (Lipinski definition) is 1. The minimum Gasteiger partial charge on any atom is -0.378 e. The van der Waals surface area contributed by atoms with Crippen LogP contribution in [0, 0.1) is 5.92 Å². The molecule has 0 radical (unpaired) electrons. The zero-order valence-corrected chi connectivity index (χ0v) is 10.7. The van der Waals surface area contributed by atoms with Crippen LogP contribution >= 0.6 is 0 Å². The predicted octanol–water partition coefficient (Wildman–Crippen LogP) is 1.61. The molecule has 2 aliphatic rings. The van der Waals surface area contributed by atoms with Crippen molar-refractivity contribution in [1.29, 1.82) is 0 Å². The van der Waals surface area contributed by atoms with Crippen molar-refractivity contribution in [3.05, 3.63) is 0 Å². The second-order valence-electron chi connectivity index (χ2n) is 5.61. The van der Waals surface area contributed by atoms with Crippen LogP contribution in [0.1, 0.15) is 39.5 Å². The number of nitrogens with two attached hydrogens (primary N) is 1. The summed E-state index contributed by atoms with van der Waals surface area (Å²) in [6.07, 6.45) is 5.47. The minimum atomic E-state index is 0.272. The van der Waals surface area contributed by atoms with Crippen molar-refractivity contribution in [2.75, 3.05) is 26.2 Å². The molecule has 2 fully saturated rings. The highest BCUT2D eigenvalue weighted by molar-refractivity contribution is 5.05. The Kier molecular flexibility index (Phi) is 3.88. The van der Waals surface area contributed by atoms with Crippen molar-refractivity contribution in [3.8, 4) is 0 Å². The third kappa shape index (κ3) is 2.27. The number of rotatable bonds is 4. The topological polar surface area (TPSA) is 38.5 Å². The first-order valence-electron chi connectivity index (χ1n) is 6.77. The first kappa shape index (κ1) is 12.3. The quantitative estimate of drug-likeness (QED) is 0.791. The molecule has 1 saturated carbocycles. The molecule has 3 heteroatoms. The predicted molar refractivity (Wildman–Crippen MR) is 66.4 cm³/mol. The van der Waals surface area contributed by atoms with Crippen LogP contribution in [-0.2, 0) is 4.74 Å². The SMILES string of the molecule is CCOC1CC(CN)(N2CCCC(C)C2)C1. The van der Waals surface area contributed by atoms with E-state index in [1.807, 2.05) is 0 Å². The zero-order chi connectivity index (χ0) is 11.6. The lowest BCUT2D eigenvalue weighted by Gasteiger charge is -2.55. The summed E-state index contributed by atoms with van der Waals surface area (Å²) in [6, 6.07) is 0. The normalized spacial score (nSPS) is 40.7. The molecule has 2 N–H and O–H groups in total. The number of hydrogen-bond acceptors (Lipinski definition) is 3. The van der Waals surface area contributed by atoms with Gasteiger partial charge in [0.25, 0.3) is 0 Å². The van der Waals surface area contributed by atoms with Gasteiger partial charge in [0.05, 0.1) is 6.10 Å². The van der Waals surface area contributed by atoms with Crippen LogP contribution in [-0.4, -0.2) is 42.8 Å². The maximum Gasteiger partial charge on any atom is 0.0611 e. The van der Waals surface area contributed by atoms with E-state index in [4.69, 9.17) is 10.5 Å². The van der Waals surface area contributed by atoms with Crippen LogP contribution in [0.3, 0.4) is 0 Å². The van der Waals surface area contributed by atoms with Gasteiger partial charge in [-0.25, -0.2) is 0 Å². The molecule has 1 aliphatic carbocycles. The number of piperidine rings is 1. The van der Waals surface area contributed by atoms with Crippen molar-refractivity contribution in [2.24, 2.45) is 11.7 Å². The maximum absolute atomic E-state index is 6.01. The Morgan fingerprint density at radius 2 is 2.19 bits per heavy atom. The Balaban J connectivity index is 1.90. The Bertz CT molecular complexity index is 226. The van der Waals surface area contributed by atoms with E-state index in [0.717, 1.165) is 31.9 Å². The lowest BCUT2D eigenvalue weighted by atomic mass is 9.71. The molecule has 3 nitrogen and oxygen atoms in total. The largest absolute Gasteiger partial charge is 0.378 e. The average Bonchev–Trinajstić information content (AvgIpc) is 2.23. The van der Waals surface area contributed by atoms with Crippen molar-refractivity contribution in [2.45, 2.75) is 51.2 Å². The molecule has 1 saturated heterocycles. The van der Waals surface area contributed by atoms with Gasteiger partial charge in [-0.2, -0.15) is 0 Å². The van der Waals surface area contributed by atoms with Crippen molar-refractivity contribution < 1.29 is 4.74 Å². The third-order valence-electron chi connectivity index (χ3n) is 4.33. The van der Waals surface area contributed by atoms with Crippen LogP contribution in [0.5, 0.6) is 0 Å². The van der Waals surface area contributed by atoms with Gasteiger partial charge in [-0.1, -0.05) is 6.92 Å². The summed E-state index contributed by atoms with van der Waals surface area (Å²) in [6.45, 7) is 8.53. The standard InChI is InChI=1S/C13H26N2O/c1-3-16-12-7-13(8-12,10-14)15-6-4-5-11(2)9-15/h11-12H,3-10,14H2,1-2H3. The van der Waals surface area contributed by atoms with Gasteiger partial charge in [-0.05, 0) is 45.1 Å². The van der Waals surface area contributed by atoms with Gasteiger partial charge in [-0.3, -0.25) is 4.90 Å². The summed E-state index contributed by atoms with van der Waals surface area (Å²) < 4.78 is 5.67. The fraction of sp³-hybridized carbons (Fsp3) is 1.00. The lowest BCUT2D eigenvalue weighted by Crippen LogP contribution is -2.65. The first-order chi connectivity index (χ1) is 7.70. The van der Waals surface area contributed by atoms with Gasteiger partial charge in [0.15, 0.2) is 0 Å². The summed E-state index contributed by atoms with van der Waals surface area (Å²) in [5.74, 6) is 0.836. The van der Waals surface area contributed by atoms with Gasteiger partial charge in [0.1, 0.15) is 0 Å². The van der Waals surface area contributed by atoms with E-state index in [1.165, 1.54) is 25.9 Å². The number of ether oxygens (including phenoxy) is 1. The van der Waals surface area contributed by atoms with Gasteiger partial charge >= 0.3 is 0 Å². The summed E-state index contributed by atoms with van der Waals surface area (Å²) in [4.78, 5) is 2.64. The van der Waals surface area contributed by atoms with Crippen LogP contribution in [0.2, 0.25) is 0 Å². The monoisotopic (exact) mass is 226 g/mol. The second-order valence-corrected chi connectivity index (χ2v) is 5.61. The molecule has 0 amide bonds. The Hall–Kier alpha value is -0.120. The van der Waals surface area contributed by atoms with Gasteiger partial charge in [0, 0.05) is 25.2 Å². The van der Waals surface area contributed by atoms with E-state index in [-0.39, 0.29) is 5.54 Å². The second kappa shape index (κ2) is 5.03. The van der Waals surface area contributed by atoms with E-state index in [2.05, 4.69) is 18.7 Å². The number of likely N-dealkylation sites (tertiary alicyclic amines) is 1.